The molecule has 0 atom stereocenters. The topological polar surface area (TPSA) is 44.1 Å². The van der Waals surface area contributed by atoms with Crippen LogP contribution in [0.3, 0.4) is 0 Å². The highest BCUT2D eigenvalue weighted by Crippen LogP contribution is 2.35. The maximum absolute atomic E-state index is 13.2. The van der Waals surface area contributed by atoms with Crippen LogP contribution in [0, 0.1) is 0 Å². The lowest BCUT2D eigenvalue weighted by Crippen LogP contribution is -2.04. The molecule has 0 amide bonds. The molecule has 0 radical (unpaired) electrons. The molecule has 4 aromatic carbocycles. The van der Waals surface area contributed by atoms with Crippen LogP contribution in [0.5, 0.6) is 0 Å². The number of halogens is 5. The summed E-state index contributed by atoms with van der Waals surface area (Å²) in [6.07, 6.45) is -2.55. The Morgan fingerprint density at radius 3 is 2.23 bits per heavy atom. The molecule has 0 aliphatic rings. The van der Waals surface area contributed by atoms with E-state index in [9.17, 15) is 18.0 Å². The van der Waals surface area contributed by atoms with Crippen molar-refractivity contribution in [2.75, 3.05) is 7.11 Å². The number of aromatic nitrogens is 2. The van der Waals surface area contributed by atoms with E-state index in [4.69, 9.17) is 32.9 Å². The Bertz CT molecular complexity index is 1680. The Labute approximate surface area is 238 Å². The molecule has 4 nitrogen and oxygen atoms in total. The summed E-state index contributed by atoms with van der Waals surface area (Å²) in [5.74, 6) is 0.212. The first-order chi connectivity index (χ1) is 19.1. The molecule has 0 aliphatic heterocycles. The highest BCUT2D eigenvalue weighted by Gasteiger charge is 2.30. The van der Waals surface area contributed by atoms with E-state index in [2.05, 4.69) is 0 Å². The second-order valence-corrected chi connectivity index (χ2v) is 9.89. The smallest absolute Gasteiger partial charge is 0.416 e. The monoisotopic (exact) mass is 580 g/mol. The molecule has 40 heavy (non-hydrogen) atoms. The van der Waals surface area contributed by atoms with Gasteiger partial charge in [0.1, 0.15) is 5.82 Å². The number of ether oxygens (including phenoxy) is 1. The quantitative estimate of drug-likeness (QED) is 0.188. The average Bonchev–Trinajstić information content (AvgIpc) is 3.36. The van der Waals surface area contributed by atoms with Crippen LogP contribution in [-0.2, 0) is 17.5 Å². The van der Waals surface area contributed by atoms with Gasteiger partial charge in [-0.25, -0.2) is 9.78 Å². The zero-order valence-electron chi connectivity index (χ0n) is 21.0. The van der Waals surface area contributed by atoms with E-state index in [0.29, 0.717) is 50.4 Å². The van der Waals surface area contributed by atoms with Crippen molar-refractivity contribution in [1.82, 2.24) is 9.55 Å². The number of imidazole rings is 1. The van der Waals surface area contributed by atoms with Gasteiger partial charge in [-0.3, -0.25) is 0 Å². The molecule has 1 aromatic heterocycles. The van der Waals surface area contributed by atoms with Gasteiger partial charge in [-0.05, 0) is 59.2 Å². The lowest BCUT2D eigenvalue weighted by atomic mass is 10.0. The van der Waals surface area contributed by atoms with Gasteiger partial charge in [-0.2, -0.15) is 13.2 Å². The Balaban J connectivity index is 1.53. The van der Waals surface area contributed by atoms with Crippen molar-refractivity contribution in [1.29, 1.82) is 0 Å². The van der Waals surface area contributed by atoms with Crippen LogP contribution < -0.4 is 0 Å². The first-order valence-corrected chi connectivity index (χ1v) is 12.9. The molecule has 0 bridgehead atoms. The van der Waals surface area contributed by atoms with Crippen molar-refractivity contribution in [3.63, 3.8) is 0 Å². The molecular weight excluding hydrogens is 560 g/mol. The fraction of sp³-hybridized carbons (Fsp3) is 0.0968. The van der Waals surface area contributed by atoms with Crippen molar-refractivity contribution in [2.24, 2.45) is 0 Å². The zero-order chi connectivity index (χ0) is 28.4. The van der Waals surface area contributed by atoms with Crippen molar-refractivity contribution in [3.05, 3.63) is 124 Å². The molecule has 0 spiro atoms. The van der Waals surface area contributed by atoms with E-state index in [-0.39, 0.29) is 0 Å². The number of carbonyl (C=O) groups excluding carboxylic acids is 1. The SMILES string of the molecule is COC(=O)c1ccc(Cn2cc(-c3ccc(Cl)cc3Cl)nc2-c2ccc(-c3cccc(C(F)(F)F)c3)cc2)cc1. The third-order valence-corrected chi connectivity index (χ3v) is 6.93. The molecule has 202 valence electrons. The van der Waals surface area contributed by atoms with Gasteiger partial charge in [0.25, 0.3) is 0 Å². The third-order valence-electron chi connectivity index (χ3n) is 6.38. The van der Waals surface area contributed by atoms with Crippen LogP contribution in [-0.4, -0.2) is 22.6 Å². The second kappa shape index (κ2) is 11.2. The standard InChI is InChI=1S/C31H21Cl2F3N2O2/c1-40-30(39)22-7-5-19(6-8-22)17-38-18-28(26-14-13-25(32)16-27(26)33)37-29(38)21-11-9-20(10-12-21)23-3-2-4-24(15-23)31(34,35)36/h2-16,18H,17H2,1H3. The summed E-state index contributed by atoms with van der Waals surface area (Å²) in [6.45, 7) is 0.435. The first kappa shape index (κ1) is 27.5. The number of alkyl halides is 3. The molecular formula is C31H21Cl2F3N2O2. The number of benzene rings is 4. The fourth-order valence-electron chi connectivity index (χ4n) is 4.34. The third kappa shape index (κ3) is 5.91. The molecule has 0 N–H and O–H groups in total. The summed E-state index contributed by atoms with van der Waals surface area (Å²) in [5, 5.41) is 0.954. The van der Waals surface area contributed by atoms with Crippen LogP contribution in [0.25, 0.3) is 33.8 Å². The van der Waals surface area contributed by atoms with E-state index >= 15 is 0 Å². The molecule has 0 fully saturated rings. The minimum atomic E-state index is -4.42. The van der Waals surface area contributed by atoms with Gasteiger partial charge >= 0.3 is 12.1 Å². The van der Waals surface area contributed by atoms with Gasteiger partial charge in [0.05, 0.1) is 29.0 Å². The molecule has 9 heteroatoms. The highest BCUT2D eigenvalue weighted by atomic mass is 35.5. The fourth-order valence-corrected chi connectivity index (χ4v) is 4.85. The van der Waals surface area contributed by atoms with Gasteiger partial charge < -0.3 is 9.30 Å². The maximum Gasteiger partial charge on any atom is 0.416 e. The Morgan fingerprint density at radius 2 is 1.57 bits per heavy atom. The van der Waals surface area contributed by atoms with Crippen LogP contribution in [0.1, 0.15) is 21.5 Å². The van der Waals surface area contributed by atoms with E-state index in [1.807, 2.05) is 35.0 Å². The summed E-state index contributed by atoms with van der Waals surface area (Å²) in [7, 11) is 1.33. The van der Waals surface area contributed by atoms with E-state index < -0.39 is 17.7 Å². The van der Waals surface area contributed by atoms with Gasteiger partial charge in [-0.1, -0.05) is 71.7 Å². The summed E-state index contributed by atoms with van der Waals surface area (Å²) in [5.41, 5.74) is 3.86. The van der Waals surface area contributed by atoms with E-state index in [1.165, 1.54) is 13.2 Å². The predicted molar refractivity (Wildman–Crippen MR) is 150 cm³/mol. The predicted octanol–water partition coefficient (Wildman–Crippen LogP) is 9.04. The van der Waals surface area contributed by atoms with Crippen LogP contribution in [0.15, 0.2) is 97.2 Å². The zero-order valence-corrected chi connectivity index (χ0v) is 22.6. The Kier molecular flexibility index (Phi) is 7.70. The number of rotatable bonds is 6. The van der Waals surface area contributed by atoms with Crippen LogP contribution in [0.2, 0.25) is 10.0 Å². The van der Waals surface area contributed by atoms with Crippen molar-refractivity contribution in [2.45, 2.75) is 12.7 Å². The van der Waals surface area contributed by atoms with Crippen molar-refractivity contribution in [3.8, 4) is 33.8 Å². The van der Waals surface area contributed by atoms with Crippen LogP contribution >= 0.6 is 23.2 Å². The maximum atomic E-state index is 13.2. The van der Waals surface area contributed by atoms with Gasteiger partial charge in [-0.15, -0.1) is 0 Å². The molecule has 5 aromatic rings. The molecule has 0 unspecified atom stereocenters. The number of hydrogen-bond acceptors (Lipinski definition) is 3. The molecule has 1 heterocycles. The van der Waals surface area contributed by atoms with Gasteiger partial charge in [0.2, 0.25) is 0 Å². The van der Waals surface area contributed by atoms with Crippen LogP contribution in [0.4, 0.5) is 13.2 Å². The van der Waals surface area contributed by atoms with E-state index in [1.54, 1.807) is 48.5 Å². The van der Waals surface area contributed by atoms with Gasteiger partial charge in [0, 0.05) is 28.9 Å². The lowest BCUT2D eigenvalue weighted by Gasteiger charge is -2.11. The molecule has 0 saturated heterocycles. The largest absolute Gasteiger partial charge is 0.465 e. The Morgan fingerprint density at radius 1 is 0.875 bits per heavy atom. The van der Waals surface area contributed by atoms with E-state index in [0.717, 1.165) is 23.3 Å². The summed E-state index contributed by atoms with van der Waals surface area (Å²) < 4.78 is 46.4. The number of hydrogen-bond donors (Lipinski definition) is 0. The highest BCUT2D eigenvalue weighted by molar-refractivity contribution is 6.36. The average molecular weight is 581 g/mol. The molecule has 0 saturated carbocycles. The summed E-state index contributed by atoms with van der Waals surface area (Å²) >= 11 is 12.6. The van der Waals surface area contributed by atoms with Gasteiger partial charge in [0.15, 0.2) is 0 Å². The number of nitrogens with zero attached hydrogens (tertiary/aromatic N) is 2. The minimum Gasteiger partial charge on any atom is -0.465 e. The normalized spacial score (nSPS) is 11.4. The summed E-state index contributed by atoms with van der Waals surface area (Å²) in [4.78, 5) is 16.7. The molecule has 5 rings (SSSR count). The second-order valence-electron chi connectivity index (χ2n) is 9.05. The van der Waals surface area contributed by atoms with Crippen molar-refractivity contribution < 1.29 is 22.7 Å². The number of esters is 1. The number of carbonyl (C=O) groups is 1. The number of methoxy groups -OCH3 is 1. The minimum absolute atomic E-state index is 0.421. The Hall–Kier alpha value is -4.07. The first-order valence-electron chi connectivity index (χ1n) is 12.1. The van der Waals surface area contributed by atoms with Crippen molar-refractivity contribution >= 4 is 29.2 Å². The molecule has 0 aliphatic carbocycles. The summed E-state index contributed by atoms with van der Waals surface area (Å²) in [6, 6.07) is 24.6. The lowest BCUT2D eigenvalue weighted by molar-refractivity contribution is -0.137.